The van der Waals surface area contributed by atoms with Gasteiger partial charge in [-0.2, -0.15) is 0 Å². The van der Waals surface area contributed by atoms with Crippen LogP contribution in [0.15, 0.2) is 72.8 Å². The molecule has 1 aliphatic heterocycles. The van der Waals surface area contributed by atoms with Gasteiger partial charge in [0.05, 0.1) is 7.11 Å². The van der Waals surface area contributed by atoms with Gasteiger partial charge in [-0.1, -0.05) is 18.2 Å². The van der Waals surface area contributed by atoms with Crippen LogP contribution < -0.4 is 14.4 Å². The molecule has 1 aliphatic rings. The summed E-state index contributed by atoms with van der Waals surface area (Å²) in [5.41, 5.74) is 2.08. The number of halogens is 2. The summed E-state index contributed by atoms with van der Waals surface area (Å²) in [6.45, 7) is 4.50. The van der Waals surface area contributed by atoms with Crippen LogP contribution in [0.1, 0.15) is 18.1 Å². The van der Waals surface area contributed by atoms with Gasteiger partial charge < -0.3 is 14.4 Å². The molecule has 0 aliphatic carbocycles. The summed E-state index contributed by atoms with van der Waals surface area (Å²) in [5.74, 6) is 0.783. The fourth-order valence-electron chi connectivity index (χ4n) is 4.00. The monoisotopic (exact) mass is 438 g/mol. The Morgan fingerprint density at radius 2 is 1.53 bits per heavy atom. The topological polar surface area (TPSA) is 24.9 Å². The maximum Gasteiger partial charge on any atom is 0.126 e. The summed E-state index contributed by atoms with van der Waals surface area (Å²) in [4.78, 5) is 4.69. The summed E-state index contributed by atoms with van der Waals surface area (Å²) in [6.07, 6.45) is 0.581. The fraction of sp³-hybridized carbons (Fsp3) is 0.308. The number of anilines is 1. The maximum atomic E-state index is 13.7. The Hall–Kier alpha value is -3.12. The molecule has 6 heteroatoms. The molecule has 4 nitrogen and oxygen atoms in total. The number of hydrogen-bond acceptors (Lipinski definition) is 4. The van der Waals surface area contributed by atoms with Crippen LogP contribution in [0.5, 0.6) is 11.5 Å². The molecule has 0 amide bonds. The van der Waals surface area contributed by atoms with Crippen molar-refractivity contribution in [1.29, 1.82) is 0 Å². The third kappa shape index (κ3) is 5.77. The number of ether oxygens (including phenoxy) is 2. The zero-order chi connectivity index (χ0) is 22.3. The first kappa shape index (κ1) is 22.1. The van der Waals surface area contributed by atoms with Crippen molar-refractivity contribution in [1.82, 2.24) is 4.90 Å². The Morgan fingerprint density at radius 1 is 0.812 bits per heavy atom. The molecule has 3 aromatic carbocycles. The summed E-state index contributed by atoms with van der Waals surface area (Å²) in [7, 11) is 1.64. The number of rotatable bonds is 8. The Balaban J connectivity index is 1.38. The van der Waals surface area contributed by atoms with Crippen LogP contribution >= 0.6 is 0 Å². The van der Waals surface area contributed by atoms with Crippen molar-refractivity contribution in [3.05, 3.63) is 90.0 Å². The largest absolute Gasteiger partial charge is 0.497 e. The van der Waals surface area contributed by atoms with Crippen molar-refractivity contribution in [2.24, 2.45) is 0 Å². The minimum Gasteiger partial charge on any atom is -0.497 e. The van der Waals surface area contributed by atoms with Gasteiger partial charge in [-0.15, -0.1) is 0 Å². The standard InChI is InChI=1S/C26H28F2N2O2/c1-31-24-11-5-20(6-12-24)26(32-25-4-2-3-22(28)19-25)13-14-29-15-17-30(18-16-29)23-9-7-21(27)8-10-23/h2-12,19,26H,13-18H2,1H3. The van der Waals surface area contributed by atoms with Gasteiger partial charge >= 0.3 is 0 Å². The number of piperazine rings is 1. The molecule has 0 saturated carbocycles. The van der Waals surface area contributed by atoms with Crippen LogP contribution in [0.2, 0.25) is 0 Å². The molecule has 32 heavy (non-hydrogen) atoms. The van der Waals surface area contributed by atoms with Gasteiger partial charge in [0.2, 0.25) is 0 Å². The Morgan fingerprint density at radius 3 is 2.19 bits per heavy atom. The van der Waals surface area contributed by atoms with Crippen LogP contribution in [-0.4, -0.2) is 44.7 Å². The first-order chi connectivity index (χ1) is 15.6. The molecule has 0 bridgehead atoms. The highest BCUT2D eigenvalue weighted by molar-refractivity contribution is 5.46. The molecule has 0 N–H and O–H groups in total. The maximum absolute atomic E-state index is 13.7. The van der Waals surface area contributed by atoms with E-state index in [4.69, 9.17) is 9.47 Å². The molecule has 1 saturated heterocycles. The van der Waals surface area contributed by atoms with E-state index in [2.05, 4.69) is 9.80 Å². The molecule has 0 radical (unpaired) electrons. The van der Waals surface area contributed by atoms with Crippen molar-refractivity contribution in [3.63, 3.8) is 0 Å². The number of benzene rings is 3. The number of hydrogen-bond donors (Lipinski definition) is 0. The zero-order valence-corrected chi connectivity index (χ0v) is 18.2. The molecule has 168 valence electrons. The van der Waals surface area contributed by atoms with E-state index in [1.807, 2.05) is 36.4 Å². The first-order valence-electron chi connectivity index (χ1n) is 10.9. The summed E-state index contributed by atoms with van der Waals surface area (Å²) in [6, 6.07) is 20.8. The van der Waals surface area contributed by atoms with Gasteiger partial charge in [0.25, 0.3) is 0 Å². The smallest absolute Gasteiger partial charge is 0.126 e. The third-order valence-electron chi connectivity index (χ3n) is 5.83. The average Bonchev–Trinajstić information content (AvgIpc) is 2.83. The Kier molecular flexibility index (Phi) is 7.22. The summed E-state index contributed by atoms with van der Waals surface area (Å²) >= 11 is 0. The van der Waals surface area contributed by atoms with Gasteiger partial charge in [0.15, 0.2) is 0 Å². The molecule has 3 aromatic rings. The van der Waals surface area contributed by atoms with E-state index in [-0.39, 0.29) is 17.7 Å². The fourth-order valence-corrected chi connectivity index (χ4v) is 4.00. The lowest BCUT2D eigenvalue weighted by molar-refractivity contribution is 0.159. The van der Waals surface area contributed by atoms with Gasteiger partial charge in [0, 0.05) is 50.9 Å². The molecular formula is C26H28F2N2O2. The van der Waals surface area contributed by atoms with E-state index in [9.17, 15) is 8.78 Å². The second-order valence-corrected chi connectivity index (χ2v) is 7.93. The van der Waals surface area contributed by atoms with Crippen LogP contribution in [-0.2, 0) is 0 Å². The Bertz CT molecular complexity index is 987. The van der Waals surface area contributed by atoms with Crippen LogP contribution in [0.25, 0.3) is 0 Å². The van der Waals surface area contributed by atoms with Gasteiger partial charge in [0.1, 0.15) is 29.2 Å². The second-order valence-electron chi connectivity index (χ2n) is 7.93. The molecule has 0 aromatic heterocycles. The van der Waals surface area contributed by atoms with Crippen LogP contribution in [0.3, 0.4) is 0 Å². The molecule has 0 spiro atoms. The van der Waals surface area contributed by atoms with Crippen molar-refractivity contribution < 1.29 is 18.3 Å². The van der Waals surface area contributed by atoms with E-state index >= 15 is 0 Å². The summed E-state index contributed by atoms with van der Waals surface area (Å²) < 4.78 is 38.3. The number of nitrogens with zero attached hydrogens (tertiary/aromatic N) is 2. The van der Waals surface area contributed by atoms with Crippen molar-refractivity contribution >= 4 is 5.69 Å². The van der Waals surface area contributed by atoms with E-state index < -0.39 is 0 Å². The molecule has 1 atom stereocenters. The highest BCUT2D eigenvalue weighted by Crippen LogP contribution is 2.27. The lowest BCUT2D eigenvalue weighted by Crippen LogP contribution is -2.46. The van der Waals surface area contributed by atoms with Gasteiger partial charge in [-0.05, 0) is 54.1 Å². The lowest BCUT2D eigenvalue weighted by atomic mass is 10.1. The second kappa shape index (κ2) is 10.5. The zero-order valence-electron chi connectivity index (χ0n) is 18.2. The minimum absolute atomic E-state index is 0.196. The average molecular weight is 439 g/mol. The first-order valence-corrected chi connectivity index (χ1v) is 10.9. The Labute approximate surface area is 188 Å². The molecule has 1 fully saturated rings. The highest BCUT2D eigenvalue weighted by Gasteiger charge is 2.20. The van der Waals surface area contributed by atoms with Crippen LogP contribution in [0, 0.1) is 11.6 Å². The lowest BCUT2D eigenvalue weighted by Gasteiger charge is -2.36. The van der Waals surface area contributed by atoms with E-state index in [1.54, 1.807) is 19.2 Å². The molecule has 1 heterocycles. The van der Waals surface area contributed by atoms with Gasteiger partial charge in [-0.3, -0.25) is 4.90 Å². The quantitative estimate of drug-likeness (QED) is 0.476. The van der Waals surface area contributed by atoms with Gasteiger partial charge in [-0.25, -0.2) is 8.78 Å². The predicted octanol–water partition coefficient (Wildman–Crippen LogP) is 5.31. The van der Waals surface area contributed by atoms with E-state index in [0.717, 1.165) is 56.1 Å². The van der Waals surface area contributed by atoms with Crippen molar-refractivity contribution in [2.45, 2.75) is 12.5 Å². The summed E-state index contributed by atoms with van der Waals surface area (Å²) in [5, 5.41) is 0. The third-order valence-corrected chi connectivity index (χ3v) is 5.83. The van der Waals surface area contributed by atoms with E-state index in [1.165, 1.54) is 24.3 Å². The molecule has 1 unspecified atom stereocenters. The molecule has 4 rings (SSSR count). The van der Waals surface area contributed by atoms with Crippen molar-refractivity contribution in [3.8, 4) is 11.5 Å². The SMILES string of the molecule is COc1ccc(C(CCN2CCN(c3ccc(F)cc3)CC2)Oc2cccc(F)c2)cc1. The van der Waals surface area contributed by atoms with Crippen molar-refractivity contribution in [2.75, 3.05) is 44.7 Å². The number of methoxy groups -OCH3 is 1. The normalized spacial score (nSPS) is 15.4. The van der Waals surface area contributed by atoms with E-state index in [0.29, 0.717) is 5.75 Å². The predicted molar refractivity (Wildman–Crippen MR) is 122 cm³/mol. The minimum atomic E-state index is -0.312. The molecular weight excluding hydrogens is 410 g/mol. The van der Waals surface area contributed by atoms with Crippen LogP contribution in [0.4, 0.5) is 14.5 Å². The highest BCUT2D eigenvalue weighted by atomic mass is 19.1.